The monoisotopic (exact) mass is 408 g/mol. The Morgan fingerprint density at radius 3 is 2.52 bits per heavy atom. The lowest BCUT2D eigenvalue weighted by molar-refractivity contribution is -0.121. The number of benzene rings is 2. The summed E-state index contributed by atoms with van der Waals surface area (Å²) in [5.41, 5.74) is 3.11. The second-order valence-corrected chi connectivity index (χ2v) is 8.70. The van der Waals surface area contributed by atoms with Crippen LogP contribution in [0, 0.1) is 0 Å². The molecule has 1 saturated heterocycles. The summed E-state index contributed by atoms with van der Waals surface area (Å²) in [6.45, 7) is 9.23. The third-order valence-corrected chi connectivity index (χ3v) is 6.73. The lowest BCUT2D eigenvalue weighted by Gasteiger charge is -2.36. The van der Waals surface area contributed by atoms with E-state index in [1.807, 2.05) is 31.2 Å². The highest BCUT2D eigenvalue weighted by Gasteiger charge is 2.25. The van der Waals surface area contributed by atoms with Gasteiger partial charge in [0.05, 0.1) is 21.3 Å². The Bertz CT molecular complexity index is 927. The van der Waals surface area contributed by atoms with Gasteiger partial charge in [-0.15, -0.1) is 11.3 Å². The molecule has 0 saturated carbocycles. The van der Waals surface area contributed by atoms with Gasteiger partial charge in [-0.25, -0.2) is 4.98 Å². The van der Waals surface area contributed by atoms with E-state index < -0.39 is 0 Å². The Labute approximate surface area is 176 Å². The van der Waals surface area contributed by atoms with Crippen LogP contribution in [0.3, 0.4) is 0 Å². The average molecular weight is 409 g/mol. The molecule has 6 heteroatoms. The highest BCUT2D eigenvalue weighted by atomic mass is 32.1. The molecule has 152 valence electrons. The van der Waals surface area contributed by atoms with E-state index in [1.165, 1.54) is 10.3 Å². The lowest BCUT2D eigenvalue weighted by Crippen LogP contribution is -2.52. The molecule has 1 amide bonds. The van der Waals surface area contributed by atoms with Crippen molar-refractivity contribution in [3.05, 3.63) is 59.1 Å². The summed E-state index contributed by atoms with van der Waals surface area (Å²) in [6.07, 6.45) is 0.811. The number of likely N-dealkylation sites (N-methyl/N-ethyl adjacent to an activating group) is 1. The maximum atomic E-state index is 12.7. The minimum Gasteiger partial charge on any atom is -0.325 e. The smallest absolute Gasteiger partial charge is 0.241 e. The first-order valence-corrected chi connectivity index (χ1v) is 11.1. The summed E-state index contributed by atoms with van der Waals surface area (Å²) >= 11 is 1.74. The number of hydrogen-bond donors (Lipinski definition) is 1. The molecule has 1 atom stereocenters. The van der Waals surface area contributed by atoms with Crippen molar-refractivity contribution in [1.29, 1.82) is 0 Å². The summed E-state index contributed by atoms with van der Waals surface area (Å²) in [6, 6.07) is 16.2. The minimum atomic E-state index is -0.114. The van der Waals surface area contributed by atoms with Gasteiger partial charge in [-0.1, -0.05) is 31.2 Å². The predicted octanol–water partition coefficient (Wildman–Crippen LogP) is 3.85. The molecule has 0 radical (unpaired) electrons. The van der Waals surface area contributed by atoms with Gasteiger partial charge in [0.15, 0.2) is 0 Å². The Hall–Kier alpha value is -2.28. The van der Waals surface area contributed by atoms with E-state index in [0.29, 0.717) is 0 Å². The first-order chi connectivity index (χ1) is 14.1. The number of amides is 1. The van der Waals surface area contributed by atoms with Gasteiger partial charge in [-0.2, -0.15) is 0 Å². The molecule has 29 heavy (non-hydrogen) atoms. The van der Waals surface area contributed by atoms with Crippen LogP contribution in [0.2, 0.25) is 0 Å². The molecule has 2 aromatic carbocycles. The average Bonchev–Trinajstić information content (AvgIpc) is 3.17. The molecule has 0 bridgehead atoms. The van der Waals surface area contributed by atoms with Crippen molar-refractivity contribution in [3.63, 3.8) is 0 Å². The fraction of sp³-hybridized carbons (Fsp3) is 0.391. The van der Waals surface area contributed by atoms with Gasteiger partial charge in [0.2, 0.25) is 5.91 Å². The summed E-state index contributed by atoms with van der Waals surface area (Å²) < 4.78 is 1.22. The van der Waals surface area contributed by atoms with E-state index >= 15 is 0 Å². The van der Waals surface area contributed by atoms with Gasteiger partial charge in [0.25, 0.3) is 0 Å². The molecular weight excluding hydrogens is 380 g/mol. The van der Waals surface area contributed by atoms with Gasteiger partial charge in [-0.3, -0.25) is 9.69 Å². The number of carbonyl (C=O) groups is 1. The maximum Gasteiger partial charge on any atom is 0.241 e. The third-order valence-electron chi connectivity index (χ3n) is 5.70. The summed E-state index contributed by atoms with van der Waals surface area (Å²) in [5, 5.41) is 4.18. The number of fused-ring (bicyclic) bond motifs is 1. The SMILES string of the molecule is CCN1CCN([C@H](C)C(=O)Nc2ccc(Cc3nc4ccccc4s3)cc2)CC1. The van der Waals surface area contributed by atoms with E-state index in [4.69, 9.17) is 4.98 Å². The van der Waals surface area contributed by atoms with E-state index in [9.17, 15) is 4.79 Å². The van der Waals surface area contributed by atoms with Crippen molar-refractivity contribution in [2.45, 2.75) is 26.3 Å². The van der Waals surface area contributed by atoms with Crippen molar-refractivity contribution in [2.24, 2.45) is 0 Å². The maximum absolute atomic E-state index is 12.7. The van der Waals surface area contributed by atoms with Crippen LogP contribution >= 0.6 is 11.3 Å². The Balaban J connectivity index is 1.33. The molecule has 0 unspecified atom stereocenters. The fourth-order valence-corrected chi connectivity index (χ4v) is 4.76. The topological polar surface area (TPSA) is 48.5 Å². The number of carbonyl (C=O) groups excluding carboxylic acids is 1. The van der Waals surface area contributed by atoms with Crippen molar-refractivity contribution in [1.82, 2.24) is 14.8 Å². The highest BCUT2D eigenvalue weighted by Crippen LogP contribution is 2.24. The van der Waals surface area contributed by atoms with Crippen LogP contribution in [-0.2, 0) is 11.2 Å². The first kappa shape index (κ1) is 20.0. The van der Waals surface area contributed by atoms with Crippen molar-refractivity contribution in [3.8, 4) is 0 Å². The number of piperazine rings is 1. The van der Waals surface area contributed by atoms with Crippen LogP contribution < -0.4 is 5.32 Å². The molecule has 3 aromatic rings. The van der Waals surface area contributed by atoms with Crippen LogP contribution in [0.15, 0.2) is 48.5 Å². The zero-order valence-electron chi connectivity index (χ0n) is 17.1. The molecule has 1 fully saturated rings. The van der Waals surface area contributed by atoms with Crippen LogP contribution in [0.25, 0.3) is 10.2 Å². The Kier molecular flexibility index (Phi) is 6.23. The zero-order chi connectivity index (χ0) is 20.2. The molecule has 0 aliphatic carbocycles. The van der Waals surface area contributed by atoms with Crippen molar-refractivity contribution in [2.75, 3.05) is 38.0 Å². The molecular formula is C23H28N4OS. The molecule has 5 nitrogen and oxygen atoms in total. The number of nitrogens with zero attached hydrogens (tertiary/aromatic N) is 3. The minimum absolute atomic E-state index is 0.0638. The largest absolute Gasteiger partial charge is 0.325 e. The van der Waals surface area contributed by atoms with E-state index in [-0.39, 0.29) is 11.9 Å². The Morgan fingerprint density at radius 2 is 1.83 bits per heavy atom. The van der Waals surface area contributed by atoms with Crippen LogP contribution in [-0.4, -0.2) is 59.5 Å². The zero-order valence-corrected chi connectivity index (χ0v) is 17.9. The van der Waals surface area contributed by atoms with Gasteiger partial charge >= 0.3 is 0 Å². The number of para-hydroxylation sites is 1. The van der Waals surface area contributed by atoms with Crippen molar-refractivity contribution >= 4 is 33.1 Å². The quantitative estimate of drug-likeness (QED) is 0.673. The van der Waals surface area contributed by atoms with Crippen LogP contribution in [0.5, 0.6) is 0 Å². The normalized spacial score (nSPS) is 16.8. The Morgan fingerprint density at radius 1 is 1.10 bits per heavy atom. The van der Waals surface area contributed by atoms with Gasteiger partial charge in [0, 0.05) is 38.3 Å². The van der Waals surface area contributed by atoms with Crippen LogP contribution in [0.1, 0.15) is 24.4 Å². The van der Waals surface area contributed by atoms with Crippen molar-refractivity contribution < 1.29 is 4.79 Å². The third kappa shape index (κ3) is 4.83. The van der Waals surface area contributed by atoms with E-state index in [2.05, 4.69) is 46.3 Å². The number of aromatic nitrogens is 1. The standard InChI is InChI=1S/C23H28N4OS/c1-3-26-12-14-27(15-13-26)17(2)23(28)24-19-10-8-18(9-11-19)16-22-25-20-6-4-5-7-21(20)29-22/h4-11,17H,3,12-16H2,1-2H3,(H,24,28)/t17-/m1/s1. The second-order valence-electron chi connectivity index (χ2n) is 7.58. The molecule has 4 rings (SSSR count). The number of anilines is 1. The van der Waals surface area contributed by atoms with Gasteiger partial charge in [0.1, 0.15) is 0 Å². The lowest BCUT2D eigenvalue weighted by atomic mass is 10.1. The molecule has 0 spiro atoms. The van der Waals surface area contributed by atoms with Gasteiger partial charge in [-0.05, 0) is 43.3 Å². The molecule has 1 aliphatic rings. The number of nitrogens with one attached hydrogen (secondary N) is 1. The summed E-state index contributed by atoms with van der Waals surface area (Å²) in [7, 11) is 0. The molecule has 1 N–H and O–H groups in total. The molecule has 2 heterocycles. The summed E-state index contributed by atoms with van der Waals surface area (Å²) in [5.74, 6) is 0.0638. The predicted molar refractivity (Wildman–Crippen MR) is 121 cm³/mol. The first-order valence-electron chi connectivity index (χ1n) is 10.3. The highest BCUT2D eigenvalue weighted by molar-refractivity contribution is 7.18. The number of hydrogen-bond acceptors (Lipinski definition) is 5. The van der Waals surface area contributed by atoms with Crippen LogP contribution in [0.4, 0.5) is 5.69 Å². The number of rotatable bonds is 6. The molecule has 1 aromatic heterocycles. The van der Waals surface area contributed by atoms with Gasteiger partial charge < -0.3 is 10.2 Å². The summed E-state index contributed by atoms with van der Waals surface area (Å²) in [4.78, 5) is 22.1. The van der Waals surface area contributed by atoms with E-state index in [1.54, 1.807) is 11.3 Å². The molecule has 1 aliphatic heterocycles. The second kappa shape index (κ2) is 9.03. The number of thiazole rings is 1. The fourth-order valence-electron chi connectivity index (χ4n) is 3.76. The van der Waals surface area contributed by atoms with E-state index in [0.717, 1.165) is 55.4 Å².